The number of aryl methyl sites for hydroxylation is 3. The molecule has 2 nitrogen and oxygen atoms in total. The number of ether oxygens (including phenoxy) is 1. The Labute approximate surface area is 128 Å². The van der Waals surface area contributed by atoms with E-state index >= 15 is 0 Å². The second-order valence-corrected chi connectivity index (χ2v) is 5.72. The van der Waals surface area contributed by atoms with Gasteiger partial charge in [0.25, 0.3) is 0 Å². The standard InChI is InChI=1S/C19H25NO/c1-13-10-14(2)18(15(3)11-13)12-20-16(4)17-8-6-7-9-19(17)21-5/h6-11,16,20H,12H2,1-5H3. The lowest BCUT2D eigenvalue weighted by molar-refractivity contribution is 0.401. The van der Waals surface area contributed by atoms with Crippen LogP contribution in [0.5, 0.6) is 5.75 Å². The van der Waals surface area contributed by atoms with Crippen LogP contribution in [-0.4, -0.2) is 7.11 Å². The second-order valence-electron chi connectivity index (χ2n) is 5.72. The van der Waals surface area contributed by atoms with Crippen molar-refractivity contribution in [3.63, 3.8) is 0 Å². The van der Waals surface area contributed by atoms with Gasteiger partial charge in [-0.15, -0.1) is 0 Å². The monoisotopic (exact) mass is 283 g/mol. The summed E-state index contributed by atoms with van der Waals surface area (Å²) in [5, 5.41) is 3.61. The summed E-state index contributed by atoms with van der Waals surface area (Å²) in [4.78, 5) is 0. The van der Waals surface area contributed by atoms with E-state index in [1.807, 2.05) is 12.1 Å². The molecular weight excluding hydrogens is 258 g/mol. The van der Waals surface area contributed by atoms with Gasteiger partial charge in [0, 0.05) is 18.2 Å². The topological polar surface area (TPSA) is 21.3 Å². The van der Waals surface area contributed by atoms with Gasteiger partial charge in [-0.2, -0.15) is 0 Å². The second kappa shape index (κ2) is 6.77. The highest BCUT2D eigenvalue weighted by molar-refractivity contribution is 5.38. The van der Waals surface area contributed by atoms with Crippen molar-refractivity contribution in [3.05, 3.63) is 64.2 Å². The third-order valence-electron chi connectivity index (χ3n) is 4.03. The van der Waals surface area contributed by atoms with Crippen LogP contribution in [0.15, 0.2) is 36.4 Å². The highest BCUT2D eigenvalue weighted by Gasteiger charge is 2.11. The zero-order valence-electron chi connectivity index (χ0n) is 13.7. The molecule has 1 unspecified atom stereocenters. The first-order chi connectivity index (χ1) is 10.0. The Hall–Kier alpha value is -1.80. The van der Waals surface area contributed by atoms with Gasteiger partial charge < -0.3 is 10.1 Å². The van der Waals surface area contributed by atoms with Crippen molar-refractivity contribution in [2.45, 2.75) is 40.3 Å². The molecule has 0 aliphatic carbocycles. The third-order valence-corrected chi connectivity index (χ3v) is 4.03. The fourth-order valence-electron chi connectivity index (χ4n) is 2.88. The molecular formula is C19H25NO. The molecule has 1 N–H and O–H groups in total. The molecule has 1 atom stereocenters. The first-order valence-electron chi connectivity index (χ1n) is 7.46. The zero-order chi connectivity index (χ0) is 15.4. The fourth-order valence-corrected chi connectivity index (χ4v) is 2.88. The van der Waals surface area contributed by atoms with Crippen LogP contribution < -0.4 is 10.1 Å². The quantitative estimate of drug-likeness (QED) is 0.874. The summed E-state index contributed by atoms with van der Waals surface area (Å²) >= 11 is 0. The van der Waals surface area contributed by atoms with Crippen LogP contribution in [0.2, 0.25) is 0 Å². The number of nitrogens with one attached hydrogen (secondary N) is 1. The molecule has 0 aromatic heterocycles. The molecule has 0 spiro atoms. The van der Waals surface area contributed by atoms with Crippen LogP contribution in [0.1, 0.15) is 40.8 Å². The molecule has 0 fully saturated rings. The summed E-state index contributed by atoms with van der Waals surface area (Å²) in [5.41, 5.74) is 6.62. The highest BCUT2D eigenvalue weighted by atomic mass is 16.5. The van der Waals surface area contributed by atoms with E-state index < -0.39 is 0 Å². The van der Waals surface area contributed by atoms with Crippen LogP contribution in [0.3, 0.4) is 0 Å². The minimum atomic E-state index is 0.251. The van der Waals surface area contributed by atoms with Gasteiger partial charge in [-0.1, -0.05) is 35.9 Å². The third kappa shape index (κ3) is 3.64. The Morgan fingerprint density at radius 1 is 1.05 bits per heavy atom. The van der Waals surface area contributed by atoms with Gasteiger partial charge in [-0.3, -0.25) is 0 Å². The van der Waals surface area contributed by atoms with Crippen molar-refractivity contribution in [1.82, 2.24) is 5.32 Å². The number of para-hydroxylation sites is 1. The first-order valence-corrected chi connectivity index (χ1v) is 7.46. The molecule has 21 heavy (non-hydrogen) atoms. The molecule has 0 amide bonds. The highest BCUT2D eigenvalue weighted by Crippen LogP contribution is 2.25. The number of hydrogen-bond donors (Lipinski definition) is 1. The molecule has 2 rings (SSSR count). The summed E-state index contributed by atoms with van der Waals surface area (Å²) in [6.45, 7) is 9.57. The van der Waals surface area contributed by atoms with E-state index in [-0.39, 0.29) is 6.04 Å². The molecule has 0 bridgehead atoms. The molecule has 112 valence electrons. The van der Waals surface area contributed by atoms with Crippen LogP contribution in [0, 0.1) is 20.8 Å². The van der Waals surface area contributed by atoms with Gasteiger partial charge in [0.1, 0.15) is 5.75 Å². The van der Waals surface area contributed by atoms with Crippen molar-refractivity contribution in [2.24, 2.45) is 0 Å². The van der Waals surface area contributed by atoms with E-state index in [0.29, 0.717) is 0 Å². The van der Waals surface area contributed by atoms with Crippen molar-refractivity contribution >= 4 is 0 Å². The van der Waals surface area contributed by atoms with Gasteiger partial charge in [-0.25, -0.2) is 0 Å². The van der Waals surface area contributed by atoms with E-state index in [0.717, 1.165) is 12.3 Å². The summed E-state index contributed by atoms with van der Waals surface area (Å²) in [6.07, 6.45) is 0. The van der Waals surface area contributed by atoms with E-state index in [4.69, 9.17) is 4.74 Å². The maximum absolute atomic E-state index is 5.44. The van der Waals surface area contributed by atoms with Gasteiger partial charge in [0.15, 0.2) is 0 Å². The normalized spacial score (nSPS) is 12.2. The van der Waals surface area contributed by atoms with E-state index in [1.165, 1.54) is 27.8 Å². The minimum absolute atomic E-state index is 0.251. The molecule has 0 radical (unpaired) electrons. The Balaban J connectivity index is 2.13. The maximum atomic E-state index is 5.44. The van der Waals surface area contributed by atoms with Crippen LogP contribution in [0.25, 0.3) is 0 Å². The maximum Gasteiger partial charge on any atom is 0.123 e. The SMILES string of the molecule is COc1ccccc1C(C)NCc1c(C)cc(C)cc1C. The predicted octanol–water partition coefficient (Wildman–Crippen LogP) is 4.47. The van der Waals surface area contributed by atoms with Crippen LogP contribution in [-0.2, 0) is 6.54 Å². The number of benzene rings is 2. The van der Waals surface area contributed by atoms with Crippen molar-refractivity contribution in [2.75, 3.05) is 7.11 Å². The van der Waals surface area contributed by atoms with Crippen LogP contribution >= 0.6 is 0 Å². The van der Waals surface area contributed by atoms with E-state index in [9.17, 15) is 0 Å². The largest absolute Gasteiger partial charge is 0.496 e. The van der Waals surface area contributed by atoms with Crippen LogP contribution in [0.4, 0.5) is 0 Å². The Morgan fingerprint density at radius 2 is 1.67 bits per heavy atom. The average molecular weight is 283 g/mol. The fraction of sp³-hybridized carbons (Fsp3) is 0.368. The summed E-state index contributed by atoms with van der Waals surface area (Å²) in [6, 6.07) is 12.9. The zero-order valence-corrected chi connectivity index (χ0v) is 13.7. The summed E-state index contributed by atoms with van der Waals surface area (Å²) < 4.78 is 5.44. The van der Waals surface area contributed by atoms with Gasteiger partial charge >= 0.3 is 0 Å². The minimum Gasteiger partial charge on any atom is -0.496 e. The van der Waals surface area contributed by atoms with E-state index in [1.54, 1.807) is 7.11 Å². The lowest BCUT2D eigenvalue weighted by atomic mass is 9.99. The van der Waals surface area contributed by atoms with Crippen molar-refractivity contribution < 1.29 is 4.74 Å². The molecule has 2 aromatic rings. The van der Waals surface area contributed by atoms with Gasteiger partial charge in [0.05, 0.1) is 7.11 Å². The lowest BCUT2D eigenvalue weighted by Gasteiger charge is -2.19. The van der Waals surface area contributed by atoms with E-state index in [2.05, 4.69) is 57.3 Å². The first kappa shape index (κ1) is 15.6. The number of methoxy groups -OCH3 is 1. The molecule has 0 aliphatic rings. The summed E-state index contributed by atoms with van der Waals surface area (Å²) in [7, 11) is 1.72. The molecule has 0 heterocycles. The lowest BCUT2D eigenvalue weighted by Crippen LogP contribution is -2.20. The van der Waals surface area contributed by atoms with Crippen molar-refractivity contribution in [1.29, 1.82) is 0 Å². The molecule has 0 aliphatic heterocycles. The van der Waals surface area contributed by atoms with Gasteiger partial charge in [0.2, 0.25) is 0 Å². The Bertz CT molecular complexity index is 596. The number of rotatable bonds is 5. The molecule has 2 heteroatoms. The predicted molar refractivity (Wildman–Crippen MR) is 88.9 cm³/mol. The Kier molecular flexibility index (Phi) is 5.03. The number of hydrogen-bond acceptors (Lipinski definition) is 2. The Morgan fingerprint density at radius 3 is 2.29 bits per heavy atom. The average Bonchev–Trinajstić information content (AvgIpc) is 2.45. The molecule has 2 aromatic carbocycles. The summed E-state index contributed by atoms with van der Waals surface area (Å²) in [5.74, 6) is 0.940. The van der Waals surface area contributed by atoms with Crippen molar-refractivity contribution in [3.8, 4) is 5.75 Å². The molecule has 0 saturated carbocycles. The molecule has 0 saturated heterocycles. The van der Waals surface area contributed by atoms with Gasteiger partial charge in [-0.05, 0) is 50.5 Å². The smallest absolute Gasteiger partial charge is 0.123 e.